The Labute approximate surface area is 146 Å². The maximum absolute atomic E-state index is 13.0. The van der Waals surface area contributed by atoms with Crippen molar-refractivity contribution in [3.8, 4) is 0 Å². The summed E-state index contributed by atoms with van der Waals surface area (Å²) in [5, 5.41) is 1.19. The van der Waals surface area contributed by atoms with E-state index >= 15 is 0 Å². The first-order chi connectivity index (χ1) is 11.7. The molecule has 1 N–H and O–H groups in total. The molecule has 3 aromatic rings. The molecule has 2 aromatic carbocycles. The monoisotopic (exact) mass is 334 g/mol. The van der Waals surface area contributed by atoms with Crippen LogP contribution in [-0.4, -0.2) is 15.9 Å². The quantitative estimate of drug-likeness (QED) is 0.717. The summed E-state index contributed by atoms with van der Waals surface area (Å²) in [5.41, 5.74) is 3.19. The number of nitrogens with zero attached hydrogens (tertiary/aromatic N) is 1. The largest absolute Gasteiger partial charge is 0.361 e. The van der Waals surface area contributed by atoms with E-state index in [1.807, 2.05) is 36.5 Å². The zero-order chi connectivity index (χ0) is 16.5. The van der Waals surface area contributed by atoms with Gasteiger partial charge in [0.25, 0.3) is 0 Å². The van der Waals surface area contributed by atoms with Crippen LogP contribution in [0.25, 0.3) is 10.9 Å². The van der Waals surface area contributed by atoms with Crippen molar-refractivity contribution in [1.82, 2.24) is 4.98 Å². The lowest BCUT2D eigenvalue weighted by atomic mass is 9.89. The third-order valence-corrected chi connectivity index (χ3v) is 5.03. The Bertz CT molecular complexity index is 900. The Kier molecular flexibility index (Phi) is 3.90. The standard InChI is InChI=1S/C20H18N2OS/c23-20-16(13-14-6-8-18-15(12-14)10-11-21-18)7-9-19(24)22(20)17-4-2-1-3-5-17/h1-6,8,10-12,16,21H,7,9,13H2. The van der Waals surface area contributed by atoms with E-state index in [1.54, 1.807) is 4.90 Å². The minimum atomic E-state index is -0.0201. The topological polar surface area (TPSA) is 36.1 Å². The van der Waals surface area contributed by atoms with Crippen LogP contribution in [0.1, 0.15) is 18.4 Å². The molecule has 1 aromatic heterocycles. The van der Waals surface area contributed by atoms with Gasteiger partial charge in [-0.2, -0.15) is 0 Å². The number of rotatable bonds is 3. The molecule has 1 fully saturated rings. The highest BCUT2D eigenvalue weighted by molar-refractivity contribution is 7.80. The van der Waals surface area contributed by atoms with E-state index in [0.29, 0.717) is 0 Å². The first-order valence-corrected chi connectivity index (χ1v) is 8.61. The van der Waals surface area contributed by atoms with Crippen LogP contribution in [0.4, 0.5) is 5.69 Å². The lowest BCUT2D eigenvalue weighted by Gasteiger charge is -2.33. The van der Waals surface area contributed by atoms with Gasteiger partial charge < -0.3 is 4.98 Å². The van der Waals surface area contributed by atoms with Crippen LogP contribution in [0.5, 0.6) is 0 Å². The van der Waals surface area contributed by atoms with Gasteiger partial charge in [0, 0.05) is 23.3 Å². The number of aromatic nitrogens is 1. The molecule has 1 atom stereocenters. The summed E-state index contributed by atoms with van der Waals surface area (Å²) in [5.74, 6) is 0.0971. The number of aromatic amines is 1. The summed E-state index contributed by atoms with van der Waals surface area (Å²) in [7, 11) is 0. The third-order valence-electron chi connectivity index (χ3n) is 4.64. The minimum absolute atomic E-state index is 0.0201. The van der Waals surface area contributed by atoms with Gasteiger partial charge in [0.15, 0.2) is 0 Å². The molecule has 0 radical (unpaired) electrons. The second-order valence-electron chi connectivity index (χ2n) is 6.24. The van der Waals surface area contributed by atoms with E-state index in [1.165, 1.54) is 10.9 Å². The lowest BCUT2D eigenvalue weighted by Crippen LogP contribution is -2.45. The third kappa shape index (κ3) is 2.74. The molecule has 1 saturated heterocycles. The summed E-state index contributed by atoms with van der Waals surface area (Å²) < 4.78 is 0. The Morgan fingerprint density at radius 3 is 2.79 bits per heavy atom. The minimum Gasteiger partial charge on any atom is -0.361 e. The zero-order valence-electron chi connectivity index (χ0n) is 13.2. The molecule has 0 saturated carbocycles. The summed E-state index contributed by atoms with van der Waals surface area (Å²) in [4.78, 5) is 18.6. The zero-order valence-corrected chi connectivity index (χ0v) is 14.1. The number of H-pyrrole nitrogens is 1. The molecule has 1 aliphatic heterocycles. The van der Waals surface area contributed by atoms with E-state index in [4.69, 9.17) is 12.2 Å². The molecule has 0 aliphatic carbocycles. The molecule has 0 bridgehead atoms. The van der Waals surface area contributed by atoms with Gasteiger partial charge in [-0.1, -0.05) is 36.5 Å². The van der Waals surface area contributed by atoms with Gasteiger partial charge in [-0.05, 0) is 60.5 Å². The van der Waals surface area contributed by atoms with Gasteiger partial charge >= 0.3 is 0 Å². The predicted molar refractivity (Wildman–Crippen MR) is 101 cm³/mol. The molecular formula is C20H18N2OS. The highest BCUT2D eigenvalue weighted by atomic mass is 32.1. The number of hydrogen-bond acceptors (Lipinski definition) is 2. The van der Waals surface area contributed by atoms with Crippen LogP contribution in [0.3, 0.4) is 0 Å². The second-order valence-corrected chi connectivity index (χ2v) is 6.71. The van der Waals surface area contributed by atoms with Crippen molar-refractivity contribution in [3.05, 3.63) is 66.4 Å². The van der Waals surface area contributed by atoms with E-state index < -0.39 is 0 Å². The number of carbonyl (C=O) groups excluding carboxylic acids is 1. The van der Waals surface area contributed by atoms with Crippen molar-refractivity contribution in [1.29, 1.82) is 0 Å². The summed E-state index contributed by atoms with van der Waals surface area (Å²) in [6, 6.07) is 18.1. The van der Waals surface area contributed by atoms with Crippen molar-refractivity contribution >= 4 is 39.7 Å². The fourth-order valence-corrected chi connectivity index (χ4v) is 3.70. The number of benzene rings is 2. The van der Waals surface area contributed by atoms with Crippen LogP contribution < -0.4 is 4.90 Å². The first-order valence-electron chi connectivity index (χ1n) is 8.20. The number of carbonyl (C=O) groups is 1. The average Bonchev–Trinajstić information content (AvgIpc) is 3.06. The van der Waals surface area contributed by atoms with Gasteiger partial charge in [0.1, 0.15) is 0 Å². The van der Waals surface area contributed by atoms with Crippen molar-refractivity contribution in [2.24, 2.45) is 5.92 Å². The van der Waals surface area contributed by atoms with Gasteiger partial charge in [-0.3, -0.25) is 9.69 Å². The van der Waals surface area contributed by atoms with Crippen LogP contribution in [0, 0.1) is 5.92 Å². The maximum atomic E-state index is 13.0. The second kappa shape index (κ2) is 6.21. The Morgan fingerprint density at radius 2 is 1.96 bits per heavy atom. The van der Waals surface area contributed by atoms with E-state index in [0.717, 1.165) is 35.5 Å². The lowest BCUT2D eigenvalue weighted by molar-refractivity contribution is -0.122. The molecule has 1 amide bonds. The fourth-order valence-electron chi connectivity index (χ4n) is 3.39. The van der Waals surface area contributed by atoms with Crippen molar-refractivity contribution in [2.75, 3.05) is 4.90 Å². The summed E-state index contributed by atoms with van der Waals surface area (Å²) in [6.45, 7) is 0. The molecule has 4 rings (SSSR count). The van der Waals surface area contributed by atoms with Crippen LogP contribution >= 0.6 is 12.2 Å². The van der Waals surface area contributed by atoms with Crippen molar-refractivity contribution < 1.29 is 4.79 Å². The van der Waals surface area contributed by atoms with Gasteiger partial charge in [-0.25, -0.2) is 0 Å². The first kappa shape index (κ1) is 15.1. The van der Waals surface area contributed by atoms with E-state index in [9.17, 15) is 4.79 Å². The van der Waals surface area contributed by atoms with Crippen LogP contribution in [-0.2, 0) is 11.2 Å². The fraction of sp³-hybridized carbons (Fsp3) is 0.200. The number of nitrogens with one attached hydrogen (secondary N) is 1. The number of para-hydroxylation sites is 1. The highest BCUT2D eigenvalue weighted by Gasteiger charge is 2.33. The number of anilines is 1. The molecule has 0 spiro atoms. The number of piperidine rings is 1. The van der Waals surface area contributed by atoms with Crippen molar-refractivity contribution in [2.45, 2.75) is 19.3 Å². The highest BCUT2D eigenvalue weighted by Crippen LogP contribution is 2.29. The Hall–Kier alpha value is -2.46. The number of amides is 1. The molecule has 120 valence electrons. The smallest absolute Gasteiger partial charge is 0.235 e. The molecule has 1 aliphatic rings. The van der Waals surface area contributed by atoms with E-state index in [2.05, 4.69) is 29.2 Å². The molecular weight excluding hydrogens is 316 g/mol. The SMILES string of the molecule is O=C1C(Cc2ccc3[nH]ccc3c2)CCC(=S)N1c1ccccc1. The predicted octanol–water partition coefficient (Wildman–Crippen LogP) is 4.48. The summed E-state index contributed by atoms with van der Waals surface area (Å²) >= 11 is 5.46. The molecule has 2 heterocycles. The van der Waals surface area contributed by atoms with Gasteiger partial charge in [0.05, 0.1) is 4.99 Å². The number of thiocarbonyl (C=S) groups is 1. The Morgan fingerprint density at radius 1 is 1.12 bits per heavy atom. The van der Waals surface area contributed by atoms with Crippen LogP contribution in [0.15, 0.2) is 60.8 Å². The molecule has 3 nitrogen and oxygen atoms in total. The normalized spacial score (nSPS) is 18.3. The molecule has 1 unspecified atom stereocenters. The van der Waals surface area contributed by atoms with E-state index in [-0.39, 0.29) is 11.8 Å². The van der Waals surface area contributed by atoms with Gasteiger partial charge in [0.2, 0.25) is 5.91 Å². The number of fused-ring (bicyclic) bond motifs is 1. The molecule has 24 heavy (non-hydrogen) atoms. The number of hydrogen-bond donors (Lipinski definition) is 1. The average molecular weight is 334 g/mol. The Balaban J connectivity index is 1.59. The molecule has 4 heteroatoms. The maximum Gasteiger partial charge on any atom is 0.235 e. The summed E-state index contributed by atoms with van der Waals surface area (Å²) in [6.07, 6.45) is 4.31. The van der Waals surface area contributed by atoms with Crippen molar-refractivity contribution in [3.63, 3.8) is 0 Å². The van der Waals surface area contributed by atoms with Gasteiger partial charge in [-0.15, -0.1) is 0 Å². The van der Waals surface area contributed by atoms with Crippen LogP contribution in [0.2, 0.25) is 0 Å².